The molecule has 0 aliphatic rings. The molecule has 2 heterocycles. The first kappa shape index (κ1) is 21.0. The van der Waals surface area contributed by atoms with Gasteiger partial charge in [0.1, 0.15) is 34.5 Å². The molecule has 0 fully saturated rings. The van der Waals surface area contributed by atoms with Crippen molar-refractivity contribution in [1.29, 1.82) is 0 Å². The molecule has 0 spiro atoms. The second-order valence-electron chi connectivity index (χ2n) is 7.21. The highest BCUT2D eigenvalue weighted by Gasteiger charge is 2.02. The molecule has 0 unspecified atom stereocenters. The Bertz CT molecular complexity index is 1240. The Kier molecular flexibility index (Phi) is 6.30. The first-order chi connectivity index (χ1) is 16.8. The summed E-state index contributed by atoms with van der Waals surface area (Å²) in [7, 11) is 0. The summed E-state index contributed by atoms with van der Waals surface area (Å²) in [5, 5.41) is 0. The summed E-state index contributed by atoms with van der Waals surface area (Å²) >= 11 is 0. The summed E-state index contributed by atoms with van der Waals surface area (Å²) in [5.74, 6) is 4.27. The van der Waals surface area contributed by atoms with Crippen molar-refractivity contribution < 1.29 is 18.3 Å². The highest BCUT2D eigenvalue weighted by molar-refractivity contribution is 5.79. The van der Waals surface area contributed by atoms with Crippen molar-refractivity contribution in [2.45, 2.75) is 0 Å². The van der Waals surface area contributed by atoms with Crippen LogP contribution in [0.25, 0.3) is 0 Å². The van der Waals surface area contributed by atoms with Gasteiger partial charge in [-0.05, 0) is 97.1 Å². The van der Waals surface area contributed by atoms with Gasteiger partial charge in [0.15, 0.2) is 0 Å². The van der Waals surface area contributed by atoms with Crippen molar-refractivity contribution >= 4 is 23.8 Å². The summed E-state index contributed by atoms with van der Waals surface area (Å²) in [6.07, 6.45) is 6.59. The minimum absolute atomic E-state index is 0.706. The third-order valence-electron chi connectivity index (χ3n) is 4.74. The standard InChI is InChI=1S/C28H20N2O4/c1-3-27(31-17-1)19-29-21-5-9-23(10-6-21)33-25-13-15-26(16-14-25)34-24-11-7-22(8-12-24)30-20-28-4-2-18-32-28/h1-20H. The molecule has 0 atom stereocenters. The van der Waals surface area contributed by atoms with E-state index in [0.717, 1.165) is 22.9 Å². The summed E-state index contributed by atoms with van der Waals surface area (Å²) in [6.45, 7) is 0. The molecule has 0 bridgehead atoms. The van der Waals surface area contributed by atoms with Crippen molar-refractivity contribution in [2.24, 2.45) is 9.98 Å². The van der Waals surface area contributed by atoms with Crippen LogP contribution in [0.2, 0.25) is 0 Å². The normalized spacial score (nSPS) is 11.3. The van der Waals surface area contributed by atoms with E-state index in [-0.39, 0.29) is 0 Å². The molecule has 0 aliphatic heterocycles. The fraction of sp³-hybridized carbons (Fsp3) is 0. The van der Waals surface area contributed by atoms with Crippen LogP contribution in [-0.2, 0) is 0 Å². The molecule has 2 aromatic heterocycles. The monoisotopic (exact) mass is 448 g/mol. The van der Waals surface area contributed by atoms with E-state index in [1.165, 1.54) is 0 Å². The van der Waals surface area contributed by atoms with Gasteiger partial charge in [-0.2, -0.15) is 0 Å². The van der Waals surface area contributed by atoms with E-state index in [1.54, 1.807) is 25.0 Å². The zero-order chi connectivity index (χ0) is 23.0. The van der Waals surface area contributed by atoms with E-state index in [2.05, 4.69) is 9.98 Å². The van der Waals surface area contributed by atoms with Crippen molar-refractivity contribution in [1.82, 2.24) is 0 Å². The highest BCUT2D eigenvalue weighted by atomic mass is 16.5. The number of ether oxygens (including phenoxy) is 2. The number of furan rings is 2. The van der Waals surface area contributed by atoms with Gasteiger partial charge >= 0.3 is 0 Å². The number of rotatable bonds is 8. The van der Waals surface area contributed by atoms with Crippen LogP contribution >= 0.6 is 0 Å². The maximum Gasteiger partial charge on any atom is 0.144 e. The van der Waals surface area contributed by atoms with Crippen LogP contribution < -0.4 is 9.47 Å². The Labute approximate surface area is 196 Å². The molecule has 5 rings (SSSR count). The lowest BCUT2D eigenvalue weighted by atomic mass is 10.3. The van der Waals surface area contributed by atoms with Crippen molar-refractivity contribution in [3.8, 4) is 23.0 Å². The summed E-state index contributed by atoms with van der Waals surface area (Å²) in [4.78, 5) is 8.75. The van der Waals surface area contributed by atoms with Crippen molar-refractivity contribution in [3.63, 3.8) is 0 Å². The van der Waals surface area contributed by atoms with E-state index in [0.29, 0.717) is 23.0 Å². The van der Waals surface area contributed by atoms with Gasteiger partial charge in [-0.1, -0.05) is 0 Å². The zero-order valence-corrected chi connectivity index (χ0v) is 18.1. The Hall–Kier alpha value is -4.84. The molecule has 166 valence electrons. The first-order valence-corrected chi connectivity index (χ1v) is 10.6. The second-order valence-corrected chi connectivity index (χ2v) is 7.21. The summed E-state index contributed by atoms with van der Waals surface area (Å²) in [5.41, 5.74) is 1.62. The predicted molar refractivity (Wildman–Crippen MR) is 131 cm³/mol. The lowest BCUT2D eigenvalue weighted by molar-refractivity contribution is 0.469. The smallest absolute Gasteiger partial charge is 0.144 e. The van der Waals surface area contributed by atoms with Crippen LogP contribution in [0.15, 0.2) is 128 Å². The Morgan fingerprint density at radius 2 is 0.824 bits per heavy atom. The fourth-order valence-electron chi connectivity index (χ4n) is 3.05. The molecule has 3 aromatic carbocycles. The minimum atomic E-state index is 0.706. The quantitative estimate of drug-likeness (QED) is 0.226. The molecular weight excluding hydrogens is 428 g/mol. The molecule has 6 nitrogen and oxygen atoms in total. The van der Waals surface area contributed by atoms with E-state index < -0.39 is 0 Å². The first-order valence-electron chi connectivity index (χ1n) is 10.6. The van der Waals surface area contributed by atoms with Gasteiger partial charge in [0.2, 0.25) is 0 Å². The summed E-state index contributed by atoms with van der Waals surface area (Å²) < 4.78 is 22.3. The third kappa shape index (κ3) is 5.69. The lowest BCUT2D eigenvalue weighted by Gasteiger charge is -2.08. The van der Waals surface area contributed by atoms with Gasteiger partial charge in [0, 0.05) is 0 Å². The molecule has 0 saturated carbocycles. The molecule has 0 N–H and O–H groups in total. The van der Waals surface area contributed by atoms with Crippen LogP contribution in [0, 0.1) is 0 Å². The van der Waals surface area contributed by atoms with Crippen molar-refractivity contribution in [3.05, 3.63) is 121 Å². The van der Waals surface area contributed by atoms with Gasteiger partial charge in [-0.25, -0.2) is 0 Å². The van der Waals surface area contributed by atoms with Gasteiger partial charge in [0.25, 0.3) is 0 Å². The van der Waals surface area contributed by atoms with E-state index >= 15 is 0 Å². The van der Waals surface area contributed by atoms with Gasteiger partial charge in [0.05, 0.1) is 36.3 Å². The average molecular weight is 448 g/mol. The molecule has 0 aliphatic carbocycles. The van der Waals surface area contributed by atoms with E-state index in [1.807, 2.05) is 97.1 Å². The average Bonchev–Trinajstić information content (AvgIpc) is 3.59. The molecule has 0 saturated heterocycles. The lowest BCUT2D eigenvalue weighted by Crippen LogP contribution is -1.86. The maximum absolute atomic E-state index is 5.91. The molecule has 0 radical (unpaired) electrons. The van der Waals surface area contributed by atoms with Crippen LogP contribution in [0.4, 0.5) is 11.4 Å². The third-order valence-corrected chi connectivity index (χ3v) is 4.74. The topological polar surface area (TPSA) is 69.5 Å². The number of nitrogens with zero attached hydrogens (tertiary/aromatic N) is 2. The SMILES string of the molecule is C(=Nc1ccc(Oc2ccc(Oc3ccc(N=Cc4ccco4)cc3)cc2)cc1)c1ccco1. The Morgan fingerprint density at radius 3 is 1.15 bits per heavy atom. The van der Waals surface area contributed by atoms with E-state index in [9.17, 15) is 0 Å². The molecule has 5 aromatic rings. The van der Waals surface area contributed by atoms with Gasteiger partial charge in [-0.3, -0.25) is 9.98 Å². The molecule has 0 amide bonds. The number of aliphatic imine (C=N–C) groups is 2. The molecule has 34 heavy (non-hydrogen) atoms. The van der Waals surface area contributed by atoms with Gasteiger partial charge in [-0.15, -0.1) is 0 Å². The zero-order valence-electron chi connectivity index (χ0n) is 18.1. The molecular formula is C28H20N2O4. The maximum atomic E-state index is 5.91. The predicted octanol–water partition coefficient (Wildman–Crippen LogP) is 7.96. The van der Waals surface area contributed by atoms with Crippen LogP contribution in [0.5, 0.6) is 23.0 Å². The van der Waals surface area contributed by atoms with Crippen LogP contribution in [0.1, 0.15) is 11.5 Å². The number of hydrogen-bond donors (Lipinski definition) is 0. The Morgan fingerprint density at radius 1 is 0.471 bits per heavy atom. The largest absolute Gasteiger partial charge is 0.463 e. The minimum Gasteiger partial charge on any atom is -0.463 e. The van der Waals surface area contributed by atoms with Gasteiger partial charge < -0.3 is 18.3 Å². The van der Waals surface area contributed by atoms with Crippen LogP contribution in [-0.4, -0.2) is 12.4 Å². The second kappa shape index (κ2) is 10.2. The fourth-order valence-corrected chi connectivity index (χ4v) is 3.05. The van der Waals surface area contributed by atoms with E-state index in [4.69, 9.17) is 18.3 Å². The Balaban J connectivity index is 1.15. The van der Waals surface area contributed by atoms with Crippen LogP contribution in [0.3, 0.4) is 0 Å². The summed E-state index contributed by atoms with van der Waals surface area (Å²) in [6, 6.07) is 29.8. The number of benzene rings is 3. The van der Waals surface area contributed by atoms with Crippen molar-refractivity contribution in [2.75, 3.05) is 0 Å². The number of hydrogen-bond acceptors (Lipinski definition) is 6. The molecule has 6 heteroatoms. The highest BCUT2D eigenvalue weighted by Crippen LogP contribution is 2.28.